The van der Waals surface area contributed by atoms with Gasteiger partial charge < -0.3 is 4.74 Å². The summed E-state index contributed by atoms with van der Waals surface area (Å²) in [6, 6.07) is 0. The zero-order chi connectivity index (χ0) is 3.54. The fraction of sp³-hybridized carbons (Fsp3) is 0.500. The molecule has 3 heteroatoms. The van der Waals surface area contributed by atoms with E-state index in [0.29, 0.717) is 8.73 Å². The fourth-order valence-corrected chi connectivity index (χ4v) is 0.559. The molecule has 5 heavy (non-hydrogen) atoms. The molecule has 0 saturated carbocycles. The maximum absolute atomic E-state index is 4.67. The summed E-state index contributed by atoms with van der Waals surface area (Å²) in [6.45, 7) is 0. The minimum atomic E-state index is 0.656. The molecule has 0 radical (unpaired) electrons. The molecule has 0 aromatic carbocycles. The third-order valence-corrected chi connectivity index (χ3v) is 0.950. The van der Waals surface area contributed by atoms with Gasteiger partial charge in [0.15, 0.2) is 6.40 Å². The Balaban J connectivity index is 2.32. The first kappa shape index (κ1) is 3.10. The van der Waals surface area contributed by atoms with Gasteiger partial charge in [0, 0.05) is 8.73 Å². The topological polar surface area (TPSA) is 21.6 Å². The Morgan fingerprint density at radius 3 is 3.20 bits per heavy atom. The van der Waals surface area contributed by atoms with Crippen molar-refractivity contribution in [1.82, 2.24) is 0 Å². The van der Waals surface area contributed by atoms with Crippen molar-refractivity contribution < 1.29 is 4.74 Å². The second-order valence-corrected chi connectivity index (χ2v) is 1.57. The molecule has 1 aliphatic rings. The van der Waals surface area contributed by atoms with Crippen molar-refractivity contribution in [3.05, 3.63) is 0 Å². The van der Waals surface area contributed by atoms with Gasteiger partial charge in [-0.3, -0.25) is 0 Å². The average molecular weight is 89.0 g/mol. The molecule has 0 fully saturated rings. The van der Waals surface area contributed by atoms with Crippen LogP contribution in [0.1, 0.15) is 0 Å². The Hall–Kier alpha value is -0.100. The van der Waals surface area contributed by atoms with Gasteiger partial charge in [-0.2, -0.15) is 0 Å². The number of hydrogen-bond acceptors (Lipinski definition) is 2. The first-order valence-corrected chi connectivity index (χ1v) is 2.51. The monoisotopic (exact) mass is 89.0 g/mol. The van der Waals surface area contributed by atoms with Crippen LogP contribution in [0.3, 0.4) is 0 Å². The predicted molar refractivity (Wildman–Crippen MR) is 22.8 cm³/mol. The molecule has 0 amide bonds. The molecule has 0 N–H and O–H groups in total. The molecule has 1 aliphatic heterocycles. The van der Waals surface area contributed by atoms with E-state index in [9.17, 15) is 0 Å². The van der Waals surface area contributed by atoms with Crippen molar-refractivity contribution in [2.24, 2.45) is 4.76 Å². The summed E-state index contributed by atoms with van der Waals surface area (Å²) < 4.78 is 8.43. The quantitative estimate of drug-likeness (QED) is 0.398. The molecule has 1 heterocycles. The van der Waals surface area contributed by atoms with E-state index in [-0.39, 0.29) is 0 Å². The predicted octanol–water partition coefficient (Wildman–Crippen LogP) is 0.596. The van der Waals surface area contributed by atoms with Crippen LogP contribution in [-0.2, 0) is 4.74 Å². The highest BCUT2D eigenvalue weighted by Gasteiger charge is 1.84. The zero-order valence-corrected chi connectivity index (χ0v) is 3.64. The molecule has 0 aromatic rings. The van der Waals surface area contributed by atoms with E-state index < -0.39 is 0 Å². The van der Waals surface area contributed by atoms with E-state index in [0.717, 1.165) is 6.35 Å². The summed E-state index contributed by atoms with van der Waals surface area (Å²) in [6.07, 6.45) is 2.30. The Kier molecular flexibility index (Phi) is 0.848. The van der Waals surface area contributed by atoms with E-state index in [2.05, 4.69) is 9.50 Å². The fourth-order valence-electron chi connectivity index (χ4n) is 0.186. The summed E-state index contributed by atoms with van der Waals surface area (Å²) in [5, 5.41) is 0. The van der Waals surface area contributed by atoms with Crippen LogP contribution in [0.2, 0.25) is 0 Å². The van der Waals surface area contributed by atoms with Gasteiger partial charge in [-0.25, -0.2) is 4.76 Å². The van der Waals surface area contributed by atoms with Gasteiger partial charge in [0.05, 0.1) is 0 Å². The van der Waals surface area contributed by atoms with E-state index in [1.807, 2.05) is 0 Å². The highest BCUT2D eigenvalue weighted by atomic mass is 31.1. The number of nitrogens with zero attached hydrogens (tertiary/aromatic N) is 1. The second kappa shape index (κ2) is 1.37. The maximum Gasteiger partial charge on any atom is 0.173 e. The van der Waals surface area contributed by atoms with E-state index in [1.54, 1.807) is 0 Å². The molecular formula is C2H4NOP. The number of hydrogen-bond donors (Lipinski definition) is 0. The van der Waals surface area contributed by atoms with E-state index >= 15 is 0 Å². The average Bonchev–Trinajstić information content (AvgIpc) is 1.76. The molecule has 0 aliphatic carbocycles. The van der Waals surface area contributed by atoms with Crippen molar-refractivity contribution in [3.63, 3.8) is 0 Å². The molecule has 1 atom stereocenters. The molecular weight excluding hydrogens is 85.0 g/mol. The molecule has 0 saturated heterocycles. The van der Waals surface area contributed by atoms with Gasteiger partial charge in [-0.15, -0.1) is 0 Å². The first-order valence-electron chi connectivity index (χ1n) is 1.36. The summed E-state index contributed by atoms with van der Waals surface area (Å²) in [7, 11) is 0.656. The van der Waals surface area contributed by atoms with Gasteiger partial charge in [-0.1, -0.05) is 0 Å². The minimum Gasteiger partial charge on any atom is -0.477 e. The Morgan fingerprint density at radius 2 is 3.00 bits per heavy atom. The van der Waals surface area contributed by atoms with Gasteiger partial charge in [0.25, 0.3) is 0 Å². The number of ether oxygens (including phenoxy) is 1. The molecule has 0 aromatic heterocycles. The van der Waals surface area contributed by atoms with E-state index in [4.69, 9.17) is 0 Å². The van der Waals surface area contributed by atoms with Gasteiger partial charge >= 0.3 is 0 Å². The third kappa shape index (κ3) is 0.586. The lowest BCUT2D eigenvalue weighted by Gasteiger charge is -1.76. The van der Waals surface area contributed by atoms with Gasteiger partial charge in [0.1, 0.15) is 6.35 Å². The highest BCUT2D eigenvalue weighted by molar-refractivity contribution is 7.36. The van der Waals surface area contributed by atoms with Crippen LogP contribution < -0.4 is 0 Å². The molecule has 2 nitrogen and oxygen atoms in total. The second-order valence-electron chi connectivity index (χ2n) is 0.704. The van der Waals surface area contributed by atoms with Crippen LogP contribution >= 0.6 is 8.73 Å². The molecule has 0 bridgehead atoms. The van der Waals surface area contributed by atoms with Crippen molar-refractivity contribution >= 4 is 15.1 Å². The third-order valence-electron chi connectivity index (χ3n) is 0.366. The summed E-state index contributed by atoms with van der Waals surface area (Å²) in [5.41, 5.74) is 0. The highest BCUT2D eigenvalue weighted by Crippen LogP contribution is 2.14. The SMILES string of the molecule is C1=NPCO1. The van der Waals surface area contributed by atoms with Crippen molar-refractivity contribution in [1.29, 1.82) is 0 Å². The summed E-state index contributed by atoms with van der Waals surface area (Å²) in [5.74, 6) is 0. The van der Waals surface area contributed by atoms with Crippen molar-refractivity contribution in [3.8, 4) is 0 Å². The smallest absolute Gasteiger partial charge is 0.173 e. The lowest BCUT2D eigenvalue weighted by Crippen LogP contribution is -1.70. The Morgan fingerprint density at radius 1 is 2.00 bits per heavy atom. The molecule has 0 spiro atoms. The minimum absolute atomic E-state index is 0.656. The first-order chi connectivity index (χ1) is 2.50. The van der Waals surface area contributed by atoms with Crippen LogP contribution in [0.4, 0.5) is 0 Å². The normalized spacial score (nSPS) is 24.0. The summed E-state index contributed by atoms with van der Waals surface area (Å²) in [4.78, 5) is 0. The van der Waals surface area contributed by atoms with Crippen LogP contribution in [0.5, 0.6) is 0 Å². The Labute approximate surface area is 32.1 Å². The zero-order valence-electron chi connectivity index (χ0n) is 2.64. The molecule has 28 valence electrons. The molecule has 1 rings (SSSR count). The maximum atomic E-state index is 4.67. The van der Waals surface area contributed by atoms with E-state index in [1.165, 1.54) is 6.40 Å². The van der Waals surface area contributed by atoms with Crippen LogP contribution in [0.15, 0.2) is 4.76 Å². The largest absolute Gasteiger partial charge is 0.477 e. The van der Waals surface area contributed by atoms with Crippen LogP contribution in [0.25, 0.3) is 0 Å². The lowest BCUT2D eigenvalue weighted by molar-refractivity contribution is 0.408. The Bertz CT molecular complexity index is 47.6. The van der Waals surface area contributed by atoms with Crippen LogP contribution in [0, 0.1) is 0 Å². The molecule has 1 unspecified atom stereocenters. The standard InChI is InChI=1S/C2H4NOP/c1-3-5-2-4-1/h1,5H,2H2. The van der Waals surface area contributed by atoms with Crippen molar-refractivity contribution in [2.75, 3.05) is 6.35 Å². The lowest BCUT2D eigenvalue weighted by atomic mass is 11.4. The van der Waals surface area contributed by atoms with Gasteiger partial charge in [0.2, 0.25) is 0 Å². The van der Waals surface area contributed by atoms with Gasteiger partial charge in [-0.05, 0) is 0 Å². The van der Waals surface area contributed by atoms with Crippen LogP contribution in [-0.4, -0.2) is 12.7 Å². The summed E-state index contributed by atoms with van der Waals surface area (Å²) >= 11 is 0. The van der Waals surface area contributed by atoms with Crippen molar-refractivity contribution in [2.45, 2.75) is 0 Å². The number of rotatable bonds is 0.